The number of hydrogen-bond donors (Lipinski definition) is 0. The first-order valence-electron chi connectivity index (χ1n) is 5.53. The summed E-state index contributed by atoms with van der Waals surface area (Å²) in [5, 5.41) is 0. The van der Waals surface area contributed by atoms with Crippen LogP contribution in [0.5, 0.6) is 0 Å². The number of nitrogens with zero attached hydrogens (tertiary/aromatic N) is 2. The molecule has 2 heterocycles. The van der Waals surface area contributed by atoms with Crippen molar-refractivity contribution in [2.45, 2.75) is 18.7 Å². The summed E-state index contributed by atoms with van der Waals surface area (Å²) in [5.41, 5.74) is 1.56. The van der Waals surface area contributed by atoms with Gasteiger partial charge in [-0.25, -0.2) is 8.42 Å². The zero-order valence-corrected chi connectivity index (χ0v) is 10.8. The van der Waals surface area contributed by atoms with Gasteiger partial charge in [-0.3, -0.25) is 4.98 Å². The second kappa shape index (κ2) is 4.72. The van der Waals surface area contributed by atoms with Gasteiger partial charge in [-0.2, -0.15) is 4.31 Å². The molecule has 1 fully saturated rings. The van der Waals surface area contributed by atoms with Gasteiger partial charge in [0.05, 0.1) is 13.2 Å². The van der Waals surface area contributed by atoms with E-state index in [1.165, 1.54) is 10.5 Å². The molecule has 0 bridgehead atoms. The molecule has 1 saturated heterocycles. The summed E-state index contributed by atoms with van der Waals surface area (Å²) in [6, 6.07) is 1.79. The molecule has 0 N–H and O–H groups in total. The highest BCUT2D eigenvalue weighted by atomic mass is 32.2. The van der Waals surface area contributed by atoms with E-state index in [1.54, 1.807) is 13.0 Å². The van der Waals surface area contributed by atoms with E-state index < -0.39 is 10.0 Å². The monoisotopic (exact) mass is 256 g/mol. The zero-order chi connectivity index (χ0) is 12.5. The summed E-state index contributed by atoms with van der Waals surface area (Å²) in [7, 11) is -3.42. The van der Waals surface area contributed by atoms with Crippen molar-refractivity contribution < 1.29 is 13.2 Å². The molecule has 1 aliphatic heterocycles. The van der Waals surface area contributed by atoms with Crippen molar-refractivity contribution >= 4 is 10.0 Å². The summed E-state index contributed by atoms with van der Waals surface area (Å²) in [5.74, 6) is 0. The zero-order valence-electron chi connectivity index (χ0n) is 10.0. The van der Waals surface area contributed by atoms with Crippen LogP contribution in [0.15, 0.2) is 17.2 Å². The van der Waals surface area contributed by atoms with E-state index >= 15 is 0 Å². The lowest BCUT2D eigenvalue weighted by Crippen LogP contribution is -2.40. The fraction of sp³-hybridized carbons (Fsp3) is 0.545. The van der Waals surface area contributed by atoms with Crippen LogP contribution in [0.2, 0.25) is 0 Å². The number of rotatable bonds is 2. The van der Waals surface area contributed by atoms with E-state index in [0.717, 1.165) is 11.3 Å². The molecule has 0 atom stereocenters. The van der Waals surface area contributed by atoms with E-state index in [1.807, 2.05) is 6.92 Å². The Labute approximate surface area is 101 Å². The molecule has 5 nitrogen and oxygen atoms in total. The molecule has 0 saturated carbocycles. The van der Waals surface area contributed by atoms with E-state index in [4.69, 9.17) is 4.74 Å². The van der Waals surface area contributed by atoms with Crippen molar-refractivity contribution in [1.29, 1.82) is 0 Å². The van der Waals surface area contributed by atoms with Crippen LogP contribution in [0.3, 0.4) is 0 Å². The molecule has 0 aromatic carbocycles. The second-order valence-corrected chi connectivity index (χ2v) is 6.01. The Hall–Kier alpha value is -0.980. The minimum atomic E-state index is -3.42. The van der Waals surface area contributed by atoms with Crippen LogP contribution < -0.4 is 0 Å². The van der Waals surface area contributed by atoms with Crippen molar-refractivity contribution in [3.05, 3.63) is 23.5 Å². The number of morpholine rings is 1. The molecule has 0 radical (unpaired) electrons. The Balaban J connectivity index is 2.37. The Morgan fingerprint density at radius 3 is 2.53 bits per heavy atom. The maximum Gasteiger partial charge on any atom is 0.245 e. The van der Waals surface area contributed by atoms with Crippen LogP contribution in [0, 0.1) is 13.8 Å². The Morgan fingerprint density at radius 1 is 1.29 bits per heavy atom. The van der Waals surface area contributed by atoms with Gasteiger partial charge < -0.3 is 4.74 Å². The average molecular weight is 256 g/mol. The van der Waals surface area contributed by atoms with E-state index in [-0.39, 0.29) is 0 Å². The van der Waals surface area contributed by atoms with Crippen molar-refractivity contribution in [1.82, 2.24) is 9.29 Å². The number of aryl methyl sites for hydroxylation is 2. The van der Waals surface area contributed by atoms with Gasteiger partial charge in [-0.1, -0.05) is 0 Å². The van der Waals surface area contributed by atoms with Crippen LogP contribution in [0.4, 0.5) is 0 Å². The number of sulfonamides is 1. The number of pyridine rings is 1. The van der Waals surface area contributed by atoms with Gasteiger partial charge in [0.15, 0.2) is 0 Å². The van der Waals surface area contributed by atoms with E-state index in [0.29, 0.717) is 31.2 Å². The number of aromatic nitrogens is 1. The molecule has 2 rings (SSSR count). The topological polar surface area (TPSA) is 59.5 Å². The molecular weight excluding hydrogens is 240 g/mol. The minimum Gasteiger partial charge on any atom is -0.379 e. The van der Waals surface area contributed by atoms with Gasteiger partial charge in [0.2, 0.25) is 10.0 Å². The lowest BCUT2D eigenvalue weighted by Gasteiger charge is -2.26. The Morgan fingerprint density at radius 2 is 1.94 bits per heavy atom. The van der Waals surface area contributed by atoms with Gasteiger partial charge in [0.25, 0.3) is 0 Å². The molecule has 1 aromatic rings. The predicted molar refractivity (Wildman–Crippen MR) is 63.3 cm³/mol. The molecule has 1 aliphatic rings. The standard InChI is InChI=1S/C11H16N2O3S/c1-9-7-10(2)12-8-11(9)17(14,15)13-3-5-16-6-4-13/h7-8H,3-6H2,1-2H3. The van der Waals surface area contributed by atoms with Crippen LogP contribution in [0.1, 0.15) is 11.3 Å². The molecule has 0 spiro atoms. The van der Waals surface area contributed by atoms with Crippen molar-refractivity contribution in [3.8, 4) is 0 Å². The van der Waals surface area contributed by atoms with Gasteiger partial charge in [0, 0.05) is 25.0 Å². The highest BCUT2D eigenvalue weighted by Crippen LogP contribution is 2.20. The maximum absolute atomic E-state index is 12.3. The molecule has 0 amide bonds. The number of hydrogen-bond acceptors (Lipinski definition) is 4. The van der Waals surface area contributed by atoms with Gasteiger partial charge in [-0.05, 0) is 25.5 Å². The third kappa shape index (κ3) is 2.48. The van der Waals surface area contributed by atoms with Gasteiger partial charge in [0.1, 0.15) is 4.90 Å². The Bertz CT molecular complexity index is 507. The molecule has 1 aromatic heterocycles. The minimum absolute atomic E-state index is 0.296. The third-order valence-electron chi connectivity index (χ3n) is 2.79. The predicted octanol–water partition coefficient (Wildman–Crippen LogP) is 0.719. The lowest BCUT2D eigenvalue weighted by molar-refractivity contribution is 0.0730. The summed E-state index contributed by atoms with van der Waals surface area (Å²) in [4.78, 5) is 4.36. The Kier molecular flexibility index (Phi) is 3.46. The quantitative estimate of drug-likeness (QED) is 0.782. The van der Waals surface area contributed by atoms with Crippen LogP contribution >= 0.6 is 0 Å². The fourth-order valence-corrected chi connectivity index (χ4v) is 3.44. The van der Waals surface area contributed by atoms with Crippen LogP contribution in [-0.2, 0) is 14.8 Å². The molecule has 0 aliphatic carbocycles. The van der Waals surface area contributed by atoms with Gasteiger partial charge in [-0.15, -0.1) is 0 Å². The van der Waals surface area contributed by atoms with Crippen molar-refractivity contribution in [2.75, 3.05) is 26.3 Å². The largest absolute Gasteiger partial charge is 0.379 e. The first kappa shape index (κ1) is 12.5. The van der Waals surface area contributed by atoms with E-state index in [9.17, 15) is 8.42 Å². The summed E-state index contributed by atoms with van der Waals surface area (Å²) >= 11 is 0. The average Bonchev–Trinajstić information content (AvgIpc) is 2.29. The van der Waals surface area contributed by atoms with Crippen LogP contribution in [-0.4, -0.2) is 44.0 Å². The summed E-state index contributed by atoms with van der Waals surface area (Å²) < 4.78 is 31.3. The highest BCUT2D eigenvalue weighted by molar-refractivity contribution is 7.89. The SMILES string of the molecule is Cc1cc(C)c(S(=O)(=O)N2CCOCC2)cn1. The maximum atomic E-state index is 12.3. The molecule has 6 heteroatoms. The smallest absolute Gasteiger partial charge is 0.245 e. The van der Waals surface area contributed by atoms with Gasteiger partial charge >= 0.3 is 0 Å². The molecule has 94 valence electrons. The van der Waals surface area contributed by atoms with Crippen molar-refractivity contribution in [3.63, 3.8) is 0 Å². The fourth-order valence-electron chi connectivity index (χ4n) is 1.88. The second-order valence-electron chi connectivity index (χ2n) is 4.11. The molecule has 17 heavy (non-hydrogen) atoms. The normalized spacial score (nSPS) is 18.2. The molecular formula is C11H16N2O3S. The summed E-state index contributed by atoms with van der Waals surface area (Å²) in [6.07, 6.45) is 1.44. The van der Waals surface area contributed by atoms with Crippen molar-refractivity contribution in [2.24, 2.45) is 0 Å². The summed E-state index contributed by atoms with van der Waals surface area (Å²) in [6.45, 7) is 5.38. The highest BCUT2D eigenvalue weighted by Gasteiger charge is 2.27. The first-order chi connectivity index (χ1) is 8.01. The van der Waals surface area contributed by atoms with Crippen LogP contribution in [0.25, 0.3) is 0 Å². The first-order valence-corrected chi connectivity index (χ1v) is 6.97. The number of ether oxygens (including phenoxy) is 1. The molecule has 0 unspecified atom stereocenters. The van der Waals surface area contributed by atoms with E-state index in [2.05, 4.69) is 4.98 Å². The lowest BCUT2D eigenvalue weighted by atomic mass is 10.2. The third-order valence-corrected chi connectivity index (χ3v) is 4.82.